The van der Waals surface area contributed by atoms with E-state index < -0.39 is 0 Å². The second kappa shape index (κ2) is 6.67. The molecule has 2 atom stereocenters. The van der Waals surface area contributed by atoms with Crippen LogP contribution in [-0.4, -0.2) is 22.1 Å². The lowest BCUT2D eigenvalue weighted by Gasteiger charge is -2.22. The van der Waals surface area contributed by atoms with Gasteiger partial charge < -0.3 is 9.84 Å². The molecule has 24 heavy (non-hydrogen) atoms. The molecule has 2 aromatic rings. The van der Waals surface area contributed by atoms with Gasteiger partial charge in [-0.2, -0.15) is 4.98 Å². The van der Waals surface area contributed by atoms with Gasteiger partial charge in [0.05, 0.1) is 6.42 Å². The maximum atomic E-state index is 12.1. The Morgan fingerprint density at radius 2 is 2.12 bits per heavy atom. The predicted octanol–water partition coefficient (Wildman–Crippen LogP) is 3.70. The van der Waals surface area contributed by atoms with E-state index in [1.54, 1.807) is 0 Å². The summed E-state index contributed by atoms with van der Waals surface area (Å²) in [5.41, 5.74) is 0. The fourth-order valence-electron chi connectivity index (χ4n) is 3.59. The molecule has 1 amide bonds. The molecule has 128 valence electrons. The number of nitrogens with zero attached hydrogens (tertiary/aromatic N) is 2. The standard InChI is InChI=1S/C18H23N3O2S/c1-11-7-8-15(24-11)13-9-14(13)18-20-16(21-23-18)10-17(22)19-12-5-3-2-4-6-12/h7-8,12-14H,2-6,9-10H2,1H3,(H,19,22)/t13-,14-/m0/s1. The Hall–Kier alpha value is -1.69. The van der Waals surface area contributed by atoms with Crippen molar-refractivity contribution in [1.29, 1.82) is 0 Å². The lowest BCUT2D eigenvalue weighted by Crippen LogP contribution is -2.37. The molecule has 6 heteroatoms. The van der Waals surface area contributed by atoms with Crippen molar-refractivity contribution in [1.82, 2.24) is 15.5 Å². The first-order valence-corrected chi connectivity index (χ1v) is 9.69. The lowest BCUT2D eigenvalue weighted by molar-refractivity contribution is -0.121. The zero-order valence-corrected chi connectivity index (χ0v) is 14.8. The van der Waals surface area contributed by atoms with E-state index >= 15 is 0 Å². The topological polar surface area (TPSA) is 68.0 Å². The molecule has 2 aliphatic carbocycles. The summed E-state index contributed by atoms with van der Waals surface area (Å²) < 4.78 is 5.40. The molecule has 2 heterocycles. The molecule has 1 N–H and O–H groups in total. The number of amides is 1. The lowest BCUT2D eigenvalue weighted by atomic mass is 9.95. The minimum Gasteiger partial charge on any atom is -0.353 e. The number of aromatic nitrogens is 2. The summed E-state index contributed by atoms with van der Waals surface area (Å²) in [6.07, 6.45) is 7.17. The predicted molar refractivity (Wildman–Crippen MR) is 92.2 cm³/mol. The Kier molecular flexibility index (Phi) is 4.39. The van der Waals surface area contributed by atoms with Gasteiger partial charge in [0.25, 0.3) is 0 Å². The second-order valence-electron chi connectivity index (χ2n) is 7.03. The first-order valence-electron chi connectivity index (χ1n) is 8.87. The first kappa shape index (κ1) is 15.8. The van der Waals surface area contributed by atoms with Gasteiger partial charge in [0, 0.05) is 27.6 Å². The molecule has 0 aliphatic heterocycles. The van der Waals surface area contributed by atoms with Gasteiger partial charge in [-0.15, -0.1) is 11.3 Å². The largest absolute Gasteiger partial charge is 0.353 e. The minimum absolute atomic E-state index is 0.00970. The number of carbonyl (C=O) groups is 1. The summed E-state index contributed by atoms with van der Waals surface area (Å²) in [5, 5.41) is 7.10. The number of hydrogen-bond donors (Lipinski definition) is 1. The van der Waals surface area contributed by atoms with Crippen molar-refractivity contribution in [2.75, 3.05) is 0 Å². The van der Waals surface area contributed by atoms with Gasteiger partial charge in [-0.1, -0.05) is 24.4 Å². The molecule has 0 unspecified atom stereocenters. The van der Waals surface area contributed by atoms with Crippen molar-refractivity contribution in [2.45, 2.75) is 69.7 Å². The van der Waals surface area contributed by atoms with Crippen molar-refractivity contribution in [3.8, 4) is 0 Å². The van der Waals surface area contributed by atoms with Crippen LogP contribution in [0.1, 0.15) is 71.8 Å². The minimum atomic E-state index is 0.00970. The van der Waals surface area contributed by atoms with Gasteiger partial charge in [0.1, 0.15) is 0 Å². The molecule has 0 saturated heterocycles. The van der Waals surface area contributed by atoms with Gasteiger partial charge in [0.2, 0.25) is 11.8 Å². The quantitative estimate of drug-likeness (QED) is 0.897. The van der Waals surface area contributed by atoms with Gasteiger partial charge >= 0.3 is 0 Å². The van der Waals surface area contributed by atoms with Crippen LogP contribution in [-0.2, 0) is 11.2 Å². The van der Waals surface area contributed by atoms with E-state index in [0.717, 1.165) is 19.3 Å². The number of carbonyl (C=O) groups excluding carboxylic acids is 1. The van der Waals surface area contributed by atoms with E-state index in [4.69, 9.17) is 4.52 Å². The molecule has 0 bridgehead atoms. The van der Waals surface area contributed by atoms with Crippen LogP contribution in [0.25, 0.3) is 0 Å². The van der Waals surface area contributed by atoms with Crippen LogP contribution in [0.15, 0.2) is 16.7 Å². The van der Waals surface area contributed by atoms with Crippen LogP contribution in [0.3, 0.4) is 0 Å². The van der Waals surface area contributed by atoms with E-state index in [-0.39, 0.29) is 12.3 Å². The molecular formula is C18H23N3O2S. The van der Waals surface area contributed by atoms with Crippen LogP contribution >= 0.6 is 11.3 Å². The zero-order chi connectivity index (χ0) is 16.5. The summed E-state index contributed by atoms with van der Waals surface area (Å²) in [6, 6.07) is 4.68. The molecule has 2 aliphatic rings. The van der Waals surface area contributed by atoms with Crippen LogP contribution < -0.4 is 5.32 Å². The highest BCUT2D eigenvalue weighted by Gasteiger charge is 2.44. The highest BCUT2D eigenvalue weighted by Crippen LogP contribution is 2.55. The normalized spacial score (nSPS) is 24.0. The van der Waals surface area contributed by atoms with Crippen LogP contribution in [0.2, 0.25) is 0 Å². The van der Waals surface area contributed by atoms with Crippen molar-refractivity contribution >= 4 is 17.2 Å². The summed E-state index contributed by atoms with van der Waals surface area (Å²) in [6.45, 7) is 2.13. The maximum Gasteiger partial charge on any atom is 0.230 e. The molecule has 0 spiro atoms. The number of aryl methyl sites for hydroxylation is 1. The number of rotatable bonds is 5. The zero-order valence-electron chi connectivity index (χ0n) is 14.0. The fourth-order valence-corrected chi connectivity index (χ4v) is 4.65. The third kappa shape index (κ3) is 3.53. The Bertz CT molecular complexity index is 717. The summed E-state index contributed by atoms with van der Waals surface area (Å²) in [4.78, 5) is 19.3. The average Bonchev–Trinajstić information content (AvgIpc) is 3.03. The van der Waals surface area contributed by atoms with Gasteiger partial charge in [-0.3, -0.25) is 4.79 Å². The Morgan fingerprint density at radius 1 is 1.29 bits per heavy atom. The van der Waals surface area contributed by atoms with Gasteiger partial charge in [0.15, 0.2) is 5.82 Å². The fraction of sp³-hybridized carbons (Fsp3) is 0.611. The van der Waals surface area contributed by atoms with Crippen LogP contribution in [0, 0.1) is 6.92 Å². The van der Waals surface area contributed by atoms with Crippen molar-refractivity contribution in [2.24, 2.45) is 0 Å². The Balaban J connectivity index is 1.31. The molecular weight excluding hydrogens is 322 g/mol. The maximum absolute atomic E-state index is 12.1. The SMILES string of the molecule is Cc1ccc([C@H]2C[C@@H]2c2nc(CC(=O)NC3CCCCC3)no2)s1. The Morgan fingerprint density at radius 3 is 2.88 bits per heavy atom. The van der Waals surface area contributed by atoms with E-state index in [1.165, 1.54) is 29.0 Å². The van der Waals surface area contributed by atoms with E-state index in [1.807, 2.05) is 11.3 Å². The molecule has 4 rings (SSSR count). The first-order chi connectivity index (χ1) is 11.7. The molecule has 2 fully saturated rings. The third-order valence-electron chi connectivity index (χ3n) is 5.01. The molecule has 5 nitrogen and oxygen atoms in total. The van der Waals surface area contributed by atoms with E-state index in [9.17, 15) is 4.79 Å². The monoisotopic (exact) mass is 345 g/mol. The highest BCUT2D eigenvalue weighted by molar-refractivity contribution is 7.12. The van der Waals surface area contributed by atoms with Crippen LogP contribution in [0.4, 0.5) is 0 Å². The molecule has 2 aromatic heterocycles. The Labute approximate surface area is 145 Å². The van der Waals surface area contributed by atoms with Crippen molar-refractivity contribution in [3.05, 3.63) is 33.6 Å². The molecule has 0 radical (unpaired) electrons. The van der Waals surface area contributed by atoms with E-state index in [0.29, 0.717) is 29.6 Å². The molecule has 0 aromatic carbocycles. The summed E-state index contributed by atoms with van der Waals surface area (Å²) in [5.74, 6) is 2.03. The number of nitrogens with one attached hydrogen (secondary N) is 1. The number of hydrogen-bond acceptors (Lipinski definition) is 5. The van der Waals surface area contributed by atoms with E-state index in [2.05, 4.69) is 34.5 Å². The molecule has 2 saturated carbocycles. The van der Waals surface area contributed by atoms with Gasteiger partial charge in [-0.25, -0.2) is 0 Å². The third-order valence-corrected chi connectivity index (χ3v) is 6.14. The van der Waals surface area contributed by atoms with Crippen LogP contribution in [0.5, 0.6) is 0 Å². The highest BCUT2D eigenvalue weighted by atomic mass is 32.1. The van der Waals surface area contributed by atoms with Crippen molar-refractivity contribution < 1.29 is 9.32 Å². The van der Waals surface area contributed by atoms with Crippen molar-refractivity contribution in [3.63, 3.8) is 0 Å². The summed E-state index contributed by atoms with van der Waals surface area (Å²) in [7, 11) is 0. The average molecular weight is 345 g/mol. The summed E-state index contributed by atoms with van der Waals surface area (Å²) >= 11 is 1.84. The number of thiophene rings is 1. The smallest absolute Gasteiger partial charge is 0.230 e. The van der Waals surface area contributed by atoms with Gasteiger partial charge in [-0.05, 0) is 38.3 Å². The second-order valence-corrected chi connectivity index (χ2v) is 8.34.